The smallest absolute Gasteiger partial charge is 0.306 e. The Kier molecular flexibility index (Phi) is 23.4. The maximum absolute atomic E-state index is 13.5. The molecule has 0 aliphatic carbocycles. The Morgan fingerprint density at radius 2 is 1.66 bits per heavy atom. The average molecular weight is 785 g/mol. The zero-order chi connectivity index (χ0) is 38.3. The molecule has 0 aromatic carbocycles. The van der Waals surface area contributed by atoms with E-state index in [4.69, 9.17) is 25.8 Å². The van der Waals surface area contributed by atoms with E-state index in [0.717, 1.165) is 63.7 Å². The summed E-state index contributed by atoms with van der Waals surface area (Å²) in [6, 6.07) is 2.60. The van der Waals surface area contributed by atoms with Crippen LogP contribution in [0.25, 0.3) is 0 Å². The SMILES string of the molecule is CCCCCCCCCCCCCCCC(=O)O[C@@H]1[C@@H](O)[C@@H](O)C([C@H](NC(=O)[C@@H]2CC[C@H](CCCCOc3cccnc3)CCN2)[C@H](C)Cl)O[C@@H]1SC. The predicted molar refractivity (Wildman–Crippen MR) is 214 cm³/mol. The fourth-order valence-corrected chi connectivity index (χ4v) is 8.41. The van der Waals surface area contributed by atoms with Crippen molar-refractivity contribution < 1.29 is 34.0 Å². The molecule has 2 aliphatic heterocycles. The van der Waals surface area contributed by atoms with Crippen molar-refractivity contribution in [3.8, 4) is 5.75 Å². The van der Waals surface area contributed by atoms with Crippen LogP contribution in [0.2, 0.25) is 0 Å². The van der Waals surface area contributed by atoms with E-state index in [1.807, 2.05) is 12.1 Å². The minimum Gasteiger partial charge on any atom is -0.492 e. The number of carbonyl (C=O) groups is 2. The van der Waals surface area contributed by atoms with Gasteiger partial charge in [0, 0.05) is 12.6 Å². The second kappa shape index (κ2) is 27.0. The molecule has 304 valence electrons. The normalized spacial score (nSPS) is 26.0. The number of rotatable bonds is 26. The van der Waals surface area contributed by atoms with Crippen molar-refractivity contribution in [3.05, 3.63) is 24.5 Å². The van der Waals surface area contributed by atoms with Gasteiger partial charge in [0.05, 0.1) is 30.3 Å². The number of unbranched alkanes of at least 4 members (excludes halogenated alkanes) is 13. The fraction of sp³-hybridized carbons (Fsp3) is 0.829. The number of hydrogen-bond acceptors (Lipinski definition) is 10. The van der Waals surface area contributed by atoms with Crippen LogP contribution in [0.5, 0.6) is 5.75 Å². The highest BCUT2D eigenvalue weighted by molar-refractivity contribution is 7.99. The van der Waals surface area contributed by atoms with Gasteiger partial charge in [0.25, 0.3) is 0 Å². The number of aliphatic hydroxyl groups excluding tert-OH is 2. The monoisotopic (exact) mass is 783 g/mol. The number of nitrogens with zero attached hydrogens (tertiary/aromatic N) is 1. The highest BCUT2D eigenvalue weighted by Gasteiger charge is 2.50. The number of pyridine rings is 1. The number of hydrogen-bond donors (Lipinski definition) is 4. The van der Waals surface area contributed by atoms with Crippen molar-refractivity contribution in [1.29, 1.82) is 0 Å². The molecule has 2 aliphatic rings. The number of nitrogens with one attached hydrogen (secondary N) is 2. The van der Waals surface area contributed by atoms with Gasteiger partial charge in [-0.25, -0.2) is 0 Å². The molecule has 1 unspecified atom stereocenters. The lowest BCUT2D eigenvalue weighted by Crippen LogP contribution is -2.65. The fourth-order valence-electron chi connectivity index (χ4n) is 7.48. The molecule has 1 amide bonds. The second-order valence-corrected chi connectivity index (χ2v) is 16.7. The zero-order valence-electron chi connectivity index (χ0n) is 32.7. The summed E-state index contributed by atoms with van der Waals surface area (Å²) in [4.78, 5) is 30.4. The van der Waals surface area contributed by atoms with E-state index < -0.39 is 53.3 Å². The number of carbonyl (C=O) groups excluding carboxylic acids is 2. The van der Waals surface area contributed by atoms with Gasteiger partial charge in [0.2, 0.25) is 5.91 Å². The molecule has 0 radical (unpaired) electrons. The number of esters is 1. The Morgan fingerprint density at radius 1 is 0.981 bits per heavy atom. The molecule has 2 saturated heterocycles. The first-order valence-corrected chi connectivity index (χ1v) is 22.4. The molecular weight excluding hydrogens is 714 g/mol. The molecule has 0 bridgehead atoms. The Labute approximate surface area is 329 Å². The lowest BCUT2D eigenvalue weighted by molar-refractivity contribution is -0.218. The summed E-state index contributed by atoms with van der Waals surface area (Å²) in [6.45, 7) is 5.38. The minimum absolute atomic E-state index is 0.203. The van der Waals surface area contributed by atoms with E-state index in [1.54, 1.807) is 25.6 Å². The molecule has 0 spiro atoms. The van der Waals surface area contributed by atoms with Gasteiger partial charge >= 0.3 is 5.97 Å². The molecule has 0 saturated carbocycles. The Hall–Kier alpha value is -1.63. The van der Waals surface area contributed by atoms with Gasteiger partial charge in [-0.15, -0.1) is 23.4 Å². The van der Waals surface area contributed by atoms with E-state index in [2.05, 4.69) is 22.5 Å². The van der Waals surface area contributed by atoms with Gasteiger partial charge < -0.3 is 35.1 Å². The molecule has 1 aromatic heterocycles. The lowest BCUT2D eigenvalue weighted by atomic mass is 9.92. The third-order valence-corrected chi connectivity index (χ3v) is 11.9. The summed E-state index contributed by atoms with van der Waals surface area (Å²) in [7, 11) is 0. The van der Waals surface area contributed by atoms with Crippen LogP contribution in [0.3, 0.4) is 0 Å². The topological polar surface area (TPSA) is 139 Å². The minimum atomic E-state index is -1.41. The van der Waals surface area contributed by atoms with Gasteiger partial charge in [-0.05, 0) is 76.3 Å². The summed E-state index contributed by atoms with van der Waals surface area (Å²) in [5.41, 5.74) is -0.727. The molecule has 9 atom stereocenters. The van der Waals surface area contributed by atoms with Crippen LogP contribution >= 0.6 is 23.4 Å². The van der Waals surface area contributed by atoms with Crippen molar-refractivity contribution in [2.75, 3.05) is 19.4 Å². The van der Waals surface area contributed by atoms with E-state index in [9.17, 15) is 19.8 Å². The number of aromatic nitrogens is 1. The largest absolute Gasteiger partial charge is 0.492 e. The van der Waals surface area contributed by atoms with Crippen LogP contribution in [0.4, 0.5) is 0 Å². The lowest BCUT2D eigenvalue weighted by Gasteiger charge is -2.45. The average Bonchev–Trinajstić information content (AvgIpc) is 3.41. The predicted octanol–water partition coefficient (Wildman–Crippen LogP) is 7.70. The molecule has 10 nitrogen and oxygen atoms in total. The van der Waals surface area contributed by atoms with Crippen LogP contribution in [-0.4, -0.2) is 93.8 Å². The molecule has 2 fully saturated rings. The van der Waals surface area contributed by atoms with Crippen LogP contribution < -0.4 is 15.4 Å². The maximum atomic E-state index is 13.5. The summed E-state index contributed by atoms with van der Waals surface area (Å²) in [5.74, 6) is 0.696. The number of halogens is 1. The molecule has 3 heterocycles. The molecular formula is C41H70ClN3O7S. The quantitative estimate of drug-likeness (QED) is 0.0420. The number of aliphatic hydroxyl groups is 2. The van der Waals surface area contributed by atoms with E-state index in [0.29, 0.717) is 18.9 Å². The third kappa shape index (κ3) is 17.4. The van der Waals surface area contributed by atoms with E-state index >= 15 is 0 Å². The highest BCUT2D eigenvalue weighted by atomic mass is 35.5. The Morgan fingerprint density at radius 3 is 2.28 bits per heavy atom. The molecule has 53 heavy (non-hydrogen) atoms. The summed E-state index contributed by atoms with van der Waals surface area (Å²) >= 11 is 7.89. The number of ether oxygens (including phenoxy) is 3. The summed E-state index contributed by atoms with van der Waals surface area (Å²) in [5, 5.41) is 28.2. The van der Waals surface area contributed by atoms with E-state index in [-0.39, 0.29) is 12.3 Å². The van der Waals surface area contributed by atoms with Gasteiger partial charge in [-0.1, -0.05) is 90.4 Å². The zero-order valence-corrected chi connectivity index (χ0v) is 34.3. The van der Waals surface area contributed by atoms with Gasteiger partial charge in [0.1, 0.15) is 29.5 Å². The van der Waals surface area contributed by atoms with E-state index in [1.165, 1.54) is 76.0 Å². The van der Waals surface area contributed by atoms with Crippen molar-refractivity contribution >= 4 is 35.2 Å². The van der Waals surface area contributed by atoms with Gasteiger partial charge in [-0.3, -0.25) is 14.6 Å². The number of amides is 1. The highest BCUT2D eigenvalue weighted by Crippen LogP contribution is 2.33. The second-order valence-electron chi connectivity index (χ2n) is 15.1. The first-order chi connectivity index (χ1) is 25.7. The van der Waals surface area contributed by atoms with Gasteiger partial charge in [0.15, 0.2) is 6.10 Å². The van der Waals surface area contributed by atoms with Crippen molar-refractivity contribution in [2.45, 2.75) is 190 Å². The Bertz CT molecular complexity index is 1120. The summed E-state index contributed by atoms with van der Waals surface area (Å²) in [6.07, 6.45) is 22.3. The molecule has 12 heteroatoms. The first kappa shape index (κ1) is 45.8. The maximum Gasteiger partial charge on any atom is 0.306 e. The standard InChI is InChI=1S/C41H70ClN3O7S/c1-4-5-6-7-8-9-10-11-12-13-14-15-16-22-34(46)51-39-37(48)36(47)38(52-41(39)53-3)35(30(2)42)45-40(49)33-24-23-31(25-27-44-33)20-17-18-28-50-32-21-19-26-43-29-32/h19,21,26,29-31,33,35-39,41,44,47-48H,4-18,20,22-25,27-28H2,1-3H3,(H,45,49)/t30-,31-,33-,35+,36+,37-,38?,39+,41+/m0/s1. The van der Waals surface area contributed by atoms with Crippen molar-refractivity contribution in [1.82, 2.24) is 15.6 Å². The molecule has 4 N–H and O–H groups in total. The van der Waals surface area contributed by atoms with Gasteiger partial charge in [-0.2, -0.15) is 0 Å². The van der Waals surface area contributed by atoms with Crippen molar-refractivity contribution in [3.63, 3.8) is 0 Å². The third-order valence-electron chi connectivity index (χ3n) is 10.8. The van der Waals surface area contributed by atoms with Crippen LogP contribution in [0.1, 0.15) is 142 Å². The van der Waals surface area contributed by atoms with Crippen LogP contribution in [0.15, 0.2) is 24.5 Å². The summed E-state index contributed by atoms with van der Waals surface area (Å²) < 4.78 is 17.7. The number of alkyl halides is 1. The van der Waals surface area contributed by atoms with Crippen LogP contribution in [-0.2, 0) is 19.1 Å². The molecule has 1 aromatic rings. The molecule has 3 rings (SSSR count). The first-order valence-electron chi connectivity index (χ1n) is 20.7. The van der Waals surface area contributed by atoms with Crippen molar-refractivity contribution in [2.24, 2.45) is 5.92 Å². The number of thioether (sulfide) groups is 1. The van der Waals surface area contributed by atoms with Crippen LogP contribution in [0, 0.1) is 5.92 Å². The Balaban J connectivity index is 1.36.